The van der Waals surface area contributed by atoms with E-state index in [2.05, 4.69) is 13.8 Å². The molecule has 0 heterocycles. The normalized spacial score (nSPS) is 13.2. The molecule has 5 heteroatoms. The van der Waals surface area contributed by atoms with Crippen LogP contribution in [0, 0.1) is 0 Å². The Morgan fingerprint density at radius 1 is 0.552 bits per heavy atom. The van der Waals surface area contributed by atoms with Gasteiger partial charge in [-0.05, 0) is 12.8 Å². The van der Waals surface area contributed by atoms with Gasteiger partial charge < -0.3 is 9.42 Å². The van der Waals surface area contributed by atoms with Crippen LogP contribution in [0.4, 0.5) is 0 Å². The molecule has 0 aliphatic carbocycles. The van der Waals surface area contributed by atoms with Crippen LogP contribution in [0.5, 0.6) is 0 Å². The molecule has 29 heavy (non-hydrogen) atoms. The van der Waals surface area contributed by atoms with E-state index in [-0.39, 0.29) is 17.4 Å². The average molecular weight is 471 g/mol. The molecule has 0 spiro atoms. The summed E-state index contributed by atoms with van der Waals surface area (Å²) >= 11 is 0. The van der Waals surface area contributed by atoms with Crippen LogP contribution in [-0.2, 0) is 26.4 Å². The molecule has 0 radical (unpaired) electrons. The molecule has 0 aliphatic rings. The Morgan fingerprint density at radius 2 is 0.862 bits per heavy atom. The van der Waals surface area contributed by atoms with Crippen molar-refractivity contribution in [3.05, 3.63) is 0 Å². The zero-order chi connectivity index (χ0) is 20.8. The third-order valence-corrected chi connectivity index (χ3v) is 7.05. The minimum Gasteiger partial charge on any atom is -0.324 e. The molecule has 1 unspecified atom stereocenters. The maximum absolute atomic E-state index is 12.0. The van der Waals surface area contributed by atoms with E-state index in [1.54, 1.807) is 0 Å². The second kappa shape index (κ2) is 24.9. The Balaban J connectivity index is 0. The van der Waals surface area contributed by atoms with E-state index in [4.69, 9.17) is 4.52 Å². The van der Waals surface area contributed by atoms with Gasteiger partial charge in [0.2, 0.25) is 0 Å². The number of hydrogen-bond donors (Lipinski definition) is 1. The first kappa shape index (κ1) is 31.9. The van der Waals surface area contributed by atoms with E-state index in [0.717, 1.165) is 25.7 Å². The van der Waals surface area contributed by atoms with Crippen molar-refractivity contribution >= 4 is 7.60 Å². The van der Waals surface area contributed by atoms with Crippen LogP contribution in [0.1, 0.15) is 142 Å². The fraction of sp³-hybridized carbons (Fsp3) is 1.00. The summed E-state index contributed by atoms with van der Waals surface area (Å²) in [6, 6.07) is 0. The maximum Gasteiger partial charge on any atom is 0.328 e. The molecule has 0 aromatic heterocycles. The predicted octanol–water partition coefficient (Wildman–Crippen LogP) is 9.03. The molecule has 0 saturated carbocycles. The van der Waals surface area contributed by atoms with E-state index in [1.807, 2.05) is 0 Å². The summed E-state index contributed by atoms with van der Waals surface area (Å²) < 4.78 is 17.3. The van der Waals surface area contributed by atoms with Crippen molar-refractivity contribution in [2.45, 2.75) is 142 Å². The second-order valence-electron chi connectivity index (χ2n) is 8.56. The van der Waals surface area contributed by atoms with Crippen LogP contribution < -0.4 is 0 Å². The minimum atomic E-state index is -3.34. The van der Waals surface area contributed by atoms with E-state index in [1.165, 1.54) is 103 Å². The molecule has 0 aliphatic heterocycles. The molecule has 0 amide bonds. The number of hydrogen-bond acceptors (Lipinski definition) is 2. The van der Waals surface area contributed by atoms with Gasteiger partial charge in [0.25, 0.3) is 0 Å². The van der Waals surface area contributed by atoms with Crippen molar-refractivity contribution in [2.75, 3.05) is 12.8 Å². The van der Waals surface area contributed by atoms with Gasteiger partial charge in [0.1, 0.15) is 0 Å². The van der Waals surface area contributed by atoms with Gasteiger partial charge in [-0.2, -0.15) is 0 Å². The zero-order valence-electron chi connectivity index (χ0n) is 19.7. The Labute approximate surface area is 193 Å². The largest absolute Gasteiger partial charge is 0.328 e. The smallest absolute Gasteiger partial charge is 0.324 e. The van der Waals surface area contributed by atoms with Gasteiger partial charge in [0.15, 0.2) is 0 Å². The first-order chi connectivity index (χ1) is 13.6. The van der Waals surface area contributed by atoms with Crippen molar-refractivity contribution in [2.24, 2.45) is 0 Å². The summed E-state index contributed by atoms with van der Waals surface area (Å²) in [4.78, 5) is 9.91. The van der Waals surface area contributed by atoms with Crippen molar-refractivity contribution in [1.29, 1.82) is 0 Å². The average Bonchev–Trinajstić information content (AvgIpc) is 2.67. The van der Waals surface area contributed by atoms with Crippen LogP contribution in [0.2, 0.25) is 0 Å². The molecular formula is C24H51CrO3P. The van der Waals surface area contributed by atoms with Crippen molar-refractivity contribution < 1.29 is 31.3 Å². The van der Waals surface area contributed by atoms with Crippen LogP contribution in [-0.4, -0.2) is 17.7 Å². The quantitative estimate of drug-likeness (QED) is 0.120. The van der Waals surface area contributed by atoms with Gasteiger partial charge in [-0.3, -0.25) is 4.57 Å². The van der Waals surface area contributed by atoms with Gasteiger partial charge >= 0.3 is 7.60 Å². The monoisotopic (exact) mass is 470 g/mol. The number of rotatable bonds is 23. The summed E-state index contributed by atoms with van der Waals surface area (Å²) in [5.74, 6) is 0. The molecule has 176 valence electrons. The van der Waals surface area contributed by atoms with Crippen LogP contribution in [0.15, 0.2) is 0 Å². The Morgan fingerprint density at radius 3 is 1.24 bits per heavy atom. The SMILES string of the molecule is CCCCCCCCCCCCOP(=O)(O)CCCCCCCCCCCC.[Cr]. The first-order valence-corrected chi connectivity index (χ1v) is 14.3. The number of unbranched alkanes of at least 4 members (excludes halogenated alkanes) is 18. The third-order valence-electron chi connectivity index (χ3n) is 5.59. The van der Waals surface area contributed by atoms with E-state index in [0.29, 0.717) is 12.8 Å². The summed E-state index contributed by atoms with van der Waals surface area (Å²) in [6.07, 6.45) is 25.4. The van der Waals surface area contributed by atoms with Crippen LogP contribution in [0.25, 0.3) is 0 Å². The van der Waals surface area contributed by atoms with Gasteiger partial charge in [-0.25, -0.2) is 0 Å². The maximum atomic E-state index is 12.0. The van der Waals surface area contributed by atoms with Crippen molar-refractivity contribution in [3.63, 3.8) is 0 Å². The third kappa shape index (κ3) is 26.6. The molecular weight excluding hydrogens is 419 g/mol. The van der Waals surface area contributed by atoms with Gasteiger partial charge in [-0.1, -0.05) is 129 Å². The van der Waals surface area contributed by atoms with E-state index in [9.17, 15) is 9.46 Å². The van der Waals surface area contributed by atoms with E-state index >= 15 is 0 Å². The predicted molar refractivity (Wildman–Crippen MR) is 124 cm³/mol. The second-order valence-corrected chi connectivity index (χ2v) is 10.5. The molecule has 0 fully saturated rings. The molecule has 3 nitrogen and oxygen atoms in total. The molecule has 0 saturated heterocycles. The zero-order valence-corrected chi connectivity index (χ0v) is 21.8. The van der Waals surface area contributed by atoms with Crippen LogP contribution >= 0.6 is 7.60 Å². The Hall–Kier alpha value is 0.682. The fourth-order valence-corrected chi connectivity index (χ4v) is 4.83. The first-order valence-electron chi connectivity index (χ1n) is 12.6. The molecule has 0 aromatic rings. The molecule has 0 aromatic carbocycles. The summed E-state index contributed by atoms with van der Waals surface area (Å²) in [7, 11) is -3.34. The van der Waals surface area contributed by atoms with Crippen LogP contribution in [0.3, 0.4) is 0 Å². The van der Waals surface area contributed by atoms with Gasteiger partial charge in [-0.15, -0.1) is 0 Å². The molecule has 1 N–H and O–H groups in total. The minimum absolute atomic E-state index is 0. The summed E-state index contributed by atoms with van der Waals surface area (Å²) in [5.41, 5.74) is 0. The van der Waals surface area contributed by atoms with E-state index < -0.39 is 7.60 Å². The molecule has 0 rings (SSSR count). The van der Waals surface area contributed by atoms with Crippen molar-refractivity contribution in [3.8, 4) is 0 Å². The fourth-order valence-electron chi connectivity index (χ4n) is 3.66. The van der Waals surface area contributed by atoms with Gasteiger partial charge in [0.05, 0.1) is 6.61 Å². The Bertz CT molecular complexity index is 353. The summed E-state index contributed by atoms with van der Waals surface area (Å²) in [6.45, 7) is 4.95. The van der Waals surface area contributed by atoms with Crippen molar-refractivity contribution in [1.82, 2.24) is 0 Å². The molecule has 0 bridgehead atoms. The Kier molecular flexibility index (Phi) is 27.4. The molecule has 1 atom stereocenters. The standard InChI is InChI=1S/C24H51O3P.Cr/c1-3-5-7-9-11-13-15-17-19-21-23-27-28(25,26)24-22-20-18-16-14-12-10-8-6-4-2;/h3-24H2,1-2H3,(H,25,26);. The topological polar surface area (TPSA) is 46.5 Å². The summed E-state index contributed by atoms with van der Waals surface area (Å²) in [5, 5.41) is 0. The van der Waals surface area contributed by atoms with Gasteiger partial charge in [0, 0.05) is 23.5 Å².